The molecule has 2 N–H and O–H groups in total. The number of aromatic amines is 1. The van der Waals surface area contributed by atoms with E-state index in [2.05, 4.69) is 27.4 Å². The van der Waals surface area contributed by atoms with Gasteiger partial charge in [-0.3, -0.25) is 19.7 Å². The Labute approximate surface area is 186 Å². The van der Waals surface area contributed by atoms with Gasteiger partial charge in [-0.1, -0.05) is 42.5 Å². The van der Waals surface area contributed by atoms with E-state index in [9.17, 15) is 14.4 Å². The fourth-order valence-electron chi connectivity index (χ4n) is 3.81. The molecule has 0 atom stereocenters. The van der Waals surface area contributed by atoms with Crippen LogP contribution in [0.25, 0.3) is 33.1 Å². The average Bonchev–Trinajstić information content (AvgIpc) is 3.27. The highest BCUT2D eigenvalue weighted by molar-refractivity contribution is 7.14. The Bertz CT molecular complexity index is 1610. The molecule has 8 heteroatoms. The molecule has 5 aromatic rings. The monoisotopic (exact) mass is 442 g/mol. The van der Waals surface area contributed by atoms with E-state index >= 15 is 0 Å². The summed E-state index contributed by atoms with van der Waals surface area (Å²) in [7, 11) is 0. The first kappa shape index (κ1) is 19.9. The van der Waals surface area contributed by atoms with Gasteiger partial charge in [-0.05, 0) is 35.9 Å². The van der Waals surface area contributed by atoms with Crippen LogP contribution >= 0.6 is 11.3 Å². The minimum Gasteiger partial charge on any atom is -0.316 e. The number of H-pyrrole nitrogens is 1. The van der Waals surface area contributed by atoms with Crippen LogP contribution < -0.4 is 16.4 Å². The molecule has 0 aliphatic rings. The SMILES string of the molecule is CCn1c(=O)c(=O)[nH]c2cc(C(=O)Nc3nc(-c4cccc5ccccc45)cs3)ccc21. The van der Waals surface area contributed by atoms with E-state index in [1.165, 1.54) is 15.9 Å². The molecule has 3 aromatic carbocycles. The normalized spacial score (nSPS) is 11.2. The summed E-state index contributed by atoms with van der Waals surface area (Å²) in [6.07, 6.45) is 0. The summed E-state index contributed by atoms with van der Waals surface area (Å²) in [5.74, 6) is -0.346. The lowest BCUT2D eigenvalue weighted by atomic mass is 10.0. The Kier molecular flexibility index (Phi) is 4.91. The van der Waals surface area contributed by atoms with Crippen molar-refractivity contribution in [3.05, 3.63) is 92.3 Å². The minimum absolute atomic E-state index is 0.346. The Morgan fingerprint density at radius 3 is 2.75 bits per heavy atom. The van der Waals surface area contributed by atoms with Crippen LogP contribution in [0.1, 0.15) is 17.3 Å². The molecule has 0 unspecified atom stereocenters. The van der Waals surface area contributed by atoms with E-state index in [0.29, 0.717) is 28.3 Å². The molecule has 0 saturated carbocycles. The van der Waals surface area contributed by atoms with Gasteiger partial charge in [0, 0.05) is 23.1 Å². The quantitative estimate of drug-likeness (QED) is 0.407. The molecular formula is C24H18N4O3S. The van der Waals surface area contributed by atoms with E-state index in [1.807, 2.05) is 35.7 Å². The van der Waals surface area contributed by atoms with Crippen molar-refractivity contribution in [1.29, 1.82) is 0 Å². The zero-order valence-electron chi connectivity index (χ0n) is 17.1. The van der Waals surface area contributed by atoms with Crippen molar-refractivity contribution in [2.24, 2.45) is 0 Å². The van der Waals surface area contributed by atoms with E-state index in [-0.39, 0.29) is 5.91 Å². The van der Waals surface area contributed by atoms with Crippen LogP contribution in [0, 0.1) is 0 Å². The van der Waals surface area contributed by atoms with Crippen LogP contribution in [0.3, 0.4) is 0 Å². The topological polar surface area (TPSA) is 96.9 Å². The van der Waals surface area contributed by atoms with Gasteiger partial charge in [-0.15, -0.1) is 11.3 Å². The number of aromatic nitrogens is 3. The number of hydrogen-bond acceptors (Lipinski definition) is 5. The molecule has 2 aromatic heterocycles. The number of rotatable bonds is 4. The Morgan fingerprint density at radius 1 is 1.09 bits per heavy atom. The highest BCUT2D eigenvalue weighted by atomic mass is 32.1. The zero-order valence-corrected chi connectivity index (χ0v) is 17.9. The second-order valence-electron chi connectivity index (χ2n) is 7.25. The van der Waals surface area contributed by atoms with Crippen LogP contribution in [-0.2, 0) is 6.54 Å². The van der Waals surface area contributed by atoms with E-state index in [4.69, 9.17) is 0 Å². The molecule has 2 heterocycles. The lowest BCUT2D eigenvalue weighted by molar-refractivity contribution is 0.102. The average molecular weight is 443 g/mol. The number of carbonyl (C=O) groups excluding carboxylic acids is 1. The van der Waals surface area contributed by atoms with Gasteiger partial charge in [0.15, 0.2) is 5.13 Å². The highest BCUT2D eigenvalue weighted by Crippen LogP contribution is 2.31. The second-order valence-corrected chi connectivity index (χ2v) is 8.11. The standard InChI is InChI=1S/C24H18N4O3S/c1-2-28-20-11-10-15(12-18(20)25-22(30)23(28)31)21(29)27-24-26-19(13-32-24)17-9-5-7-14-6-3-4-8-16(14)17/h3-13H,2H2,1H3,(H,25,30)(H,26,27,29). The number of nitrogens with zero attached hydrogens (tertiary/aromatic N) is 2. The van der Waals surface area contributed by atoms with Gasteiger partial charge in [0.05, 0.1) is 16.7 Å². The first-order valence-electron chi connectivity index (χ1n) is 10.1. The number of benzene rings is 3. The Balaban J connectivity index is 1.45. The van der Waals surface area contributed by atoms with Crippen molar-refractivity contribution in [3.8, 4) is 11.3 Å². The molecule has 5 rings (SSSR count). The van der Waals surface area contributed by atoms with Crippen LogP contribution in [-0.4, -0.2) is 20.4 Å². The molecule has 32 heavy (non-hydrogen) atoms. The maximum absolute atomic E-state index is 12.8. The summed E-state index contributed by atoms with van der Waals surface area (Å²) in [6.45, 7) is 2.15. The van der Waals surface area contributed by atoms with Crippen LogP contribution in [0.15, 0.2) is 75.6 Å². The summed E-state index contributed by atoms with van der Waals surface area (Å²) in [5.41, 5.74) is 1.83. The maximum Gasteiger partial charge on any atom is 0.316 e. The largest absolute Gasteiger partial charge is 0.316 e. The number of anilines is 1. The smallest absolute Gasteiger partial charge is 0.316 e. The zero-order chi connectivity index (χ0) is 22.2. The van der Waals surface area contributed by atoms with E-state index in [1.54, 1.807) is 25.1 Å². The van der Waals surface area contributed by atoms with Gasteiger partial charge < -0.3 is 9.55 Å². The summed E-state index contributed by atoms with van der Waals surface area (Å²) >= 11 is 1.34. The van der Waals surface area contributed by atoms with Crippen molar-refractivity contribution in [3.63, 3.8) is 0 Å². The lowest BCUT2D eigenvalue weighted by Crippen LogP contribution is -2.36. The fourth-order valence-corrected chi connectivity index (χ4v) is 4.51. The van der Waals surface area contributed by atoms with Crippen molar-refractivity contribution < 1.29 is 4.79 Å². The number of fused-ring (bicyclic) bond motifs is 2. The fraction of sp³-hybridized carbons (Fsp3) is 0.0833. The third kappa shape index (κ3) is 3.40. The molecular weight excluding hydrogens is 424 g/mol. The first-order chi connectivity index (χ1) is 15.5. The molecule has 1 amide bonds. The minimum atomic E-state index is -0.712. The van der Waals surface area contributed by atoms with Crippen molar-refractivity contribution in [2.45, 2.75) is 13.5 Å². The molecule has 158 valence electrons. The molecule has 0 radical (unpaired) electrons. The molecule has 0 fully saturated rings. The molecule has 7 nitrogen and oxygen atoms in total. The van der Waals surface area contributed by atoms with Gasteiger partial charge in [0.2, 0.25) is 0 Å². The molecule has 0 aliphatic carbocycles. The lowest BCUT2D eigenvalue weighted by Gasteiger charge is -2.08. The number of thiazole rings is 1. The molecule has 0 spiro atoms. The summed E-state index contributed by atoms with van der Waals surface area (Å²) in [6, 6.07) is 19.0. The summed E-state index contributed by atoms with van der Waals surface area (Å²) in [5, 5.41) is 7.43. The van der Waals surface area contributed by atoms with Crippen LogP contribution in [0.4, 0.5) is 5.13 Å². The van der Waals surface area contributed by atoms with Gasteiger partial charge in [-0.2, -0.15) is 0 Å². The van der Waals surface area contributed by atoms with Crippen molar-refractivity contribution in [2.75, 3.05) is 5.32 Å². The Hall–Kier alpha value is -4.04. The van der Waals surface area contributed by atoms with Crippen molar-refractivity contribution in [1.82, 2.24) is 14.5 Å². The molecule has 0 saturated heterocycles. The van der Waals surface area contributed by atoms with Gasteiger partial charge in [0.1, 0.15) is 0 Å². The molecule has 0 bridgehead atoms. The number of nitrogens with one attached hydrogen (secondary N) is 2. The van der Waals surface area contributed by atoms with Crippen LogP contribution in [0.2, 0.25) is 0 Å². The van der Waals surface area contributed by atoms with Crippen molar-refractivity contribution >= 4 is 44.2 Å². The second kappa shape index (κ2) is 7.90. The van der Waals surface area contributed by atoms with Gasteiger partial charge in [-0.25, -0.2) is 4.98 Å². The highest BCUT2D eigenvalue weighted by Gasteiger charge is 2.14. The Morgan fingerprint density at radius 2 is 1.91 bits per heavy atom. The van der Waals surface area contributed by atoms with Gasteiger partial charge in [0.25, 0.3) is 5.91 Å². The number of aryl methyl sites for hydroxylation is 1. The van der Waals surface area contributed by atoms with E-state index < -0.39 is 11.1 Å². The third-order valence-electron chi connectivity index (χ3n) is 5.34. The first-order valence-corrected chi connectivity index (χ1v) is 10.9. The number of hydrogen-bond donors (Lipinski definition) is 2. The third-order valence-corrected chi connectivity index (χ3v) is 6.10. The summed E-state index contributed by atoms with van der Waals surface area (Å²) in [4.78, 5) is 43.9. The van der Waals surface area contributed by atoms with Crippen LogP contribution in [0.5, 0.6) is 0 Å². The number of amides is 1. The number of carbonyl (C=O) groups is 1. The predicted molar refractivity (Wildman–Crippen MR) is 128 cm³/mol. The predicted octanol–water partition coefficient (Wildman–Crippen LogP) is 4.24. The summed E-state index contributed by atoms with van der Waals surface area (Å²) < 4.78 is 1.38. The van der Waals surface area contributed by atoms with Gasteiger partial charge >= 0.3 is 11.1 Å². The molecule has 0 aliphatic heterocycles. The van der Waals surface area contributed by atoms with E-state index in [0.717, 1.165) is 22.0 Å². The maximum atomic E-state index is 12.8.